The number of likely N-dealkylation sites (tertiary alicyclic amines) is 1. The van der Waals surface area contributed by atoms with Gasteiger partial charge in [0.1, 0.15) is 17.3 Å². The number of fused-ring (bicyclic) bond motifs is 1. The minimum atomic E-state index is 0.0335. The number of hydrogen-bond acceptors (Lipinski definition) is 4. The number of rotatable bonds is 4. The molecule has 6 heteroatoms. The summed E-state index contributed by atoms with van der Waals surface area (Å²) in [5, 5.41) is 8.91. The van der Waals surface area contributed by atoms with Crippen molar-refractivity contribution in [2.75, 3.05) is 6.54 Å². The average Bonchev–Trinajstić information content (AvgIpc) is 3.08. The SMILES string of the molecule is C[C@@H]1C[C@@H]1c1ccc(/C=C/C(=O)N2CCC[C@@H]2c2nnc3n2CCCCC3)o1. The molecule has 3 aliphatic rings. The summed E-state index contributed by atoms with van der Waals surface area (Å²) in [5.74, 6) is 5.17. The maximum absolute atomic E-state index is 12.9. The Balaban J connectivity index is 1.30. The van der Waals surface area contributed by atoms with Crippen molar-refractivity contribution in [1.29, 1.82) is 0 Å². The Morgan fingerprint density at radius 1 is 1.18 bits per heavy atom. The highest BCUT2D eigenvalue weighted by Gasteiger charge is 2.36. The number of carbonyl (C=O) groups excluding carboxylic acids is 1. The number of hydrogen-bond donors (Lipinski definition) is 0. The van der Waals surface area contributed by atoms with E-state index in [-0.39, 0.29) is 11.9 Å². The third-order valence-electron chi connectivity index (χ3n) is 6.48. The summed E-state index contributed by atoms with van der Waals surface area (Å²) in [5.41, 5.74) is 0. The van der Waals surface area contributed by atoms with Gasteiger partial charge >= 0.3 is 0 Å². The van der Waals surface area contributed by atoms with E-state index < -0.39 is 0 Å². The van der Waals surface area contributed by atoms with Gasteiger partial charge in [-0.25, -0.2) is 0 Å². The van der Waals surface area contributed by atoms with E-state index >= 15 is 0 Å². The molecule has 0 N–H and O–H groups in total. The Bertz CT molecular complexity index is 896. The first-order valence-electron chi connectivity index (χ1n) is 10.7. The normalized spacial score (nSPS) is 27.2. The van der Waals surface area contributed by atoms with E-state index in [9.17, 15) is 4.79 Å². The highest BCUT2D eigenvalue weighted by atomic mass is 16.3. The lowest BCUT2D eigenvalue weighted by atomic mass is 10.2. The number of aryl methyl sites for hydroxylation is 1. The van der Waals surface area contributed by atoms with Gasteiger partial charge < -0.3 is 13.9 Å². The average molecular weight is 380 g/mol. The first-order valence-corrected chi connectivity index (χ1v) is 10.7. The highest BCUT2D eigenvalue weighted by Crippen LogP contribution is 2.47. The second kappa shape index (κ2) is 7.22. The third kappa shape index (κ3) is 3.29. The Kier molecular flexibility index (Phi) is 4.57. The van der Waals surface area contributed by atoms with Crippen molar-refractivity contribution in [2.45, 2.75) is 70.4 Å². The number of furan rings is 1. The zero-order valence-electron chi connectivity index (χ0n) is 16.5. The smallest absolute Gasteiger partial charge is 0.247 e. The van der Waals surface area contributed by atoms with Gasteiger partial charge in [0.15, 0.2) is 5.82 Å². The van der Waals surface area contributed by atoms with Crippen molar-refractivity contribution in [3.8, 4) is 0 Å². The lowest BCUT2D eigenvalue weighted by molar-refractivity contribution is -0.127. The van der Waals surface area contributed by atoms with Gasteiger partial charge in [0.2, 0.25) is 5.91 Å². The van der Waals surface area contributed by atoms with Gasteiger partial charge in [-0.05, 0) is 56.2 Å². The molecule has 2 aliphatic heterocycles. The molecule has 1 amide bonds. The molecule has 6 nitrogen and oxygen atoms in total. The molecule has 4 heterocycles. The summed E-state index contributed by atoms with van der Waals surface area (Å²) >= 11 is 0. The molecule has 3 atom stereocenters. The first-order chi connectivity index (χ1) is 13.7. The largest absolute Gasteiger partial charge is 0.461 e. The maximum atomic E-state index is 12.9. The fourth-order valence-electron chi connectivity index (χ4n) is 4.68. The monoisotopic (exact) mass is 380 g/mol. The topological polar surface area (TPSA) is 64.2 Å². The molecule has 28 heavy (non-hydrogen) atoms. The van der Waals surface area contributed by atoms with Crippen LogP contribution in [0.5, 0.6) is 0 Å². The molecule has 1 aliphatic carbocycles. The molecule has 5 rings (SSSR count). The van der Waals surface area contributed by atoms with Crippen LogP contribution in [-0.4, -0.2) is 32.1 Å². The lowest BCUT2D eigenvalue weighted by Gasteiger charge is -2.23. The van der Waals surface area contributed by atoms with E-state index in [1.807, 2.05) is 17.0 Å². The number of aromatic nitrogens is 3. The molecule has 0 bridgehead atoms. The first kappa shape index (κ1) is 17.7. The highest BCUT2D eigenvalue weighted by molar-refractivity contribution is 5.91. The van der Waals surface area contributed by atoms with Crippen LogP contribution in [-0.2, 0) is 17.8 Å². The Labute approximate surface area is 165 Å². The maximum Gasteiger partial charge on any atom is 0.247 e. The van der Waals surface area contributed by atoms with Crippen LogP contribution in [0.15, 0.2) is 22.6 Å². The van der Waals surface area contributed by atoms with Crippen molar-refractivity contribution < 1.29 is 9.21 Å². The van der Waals surface area contributed by atoms with Crippen LogP contribution in [0.3, 0.4) is 0 Å². The van der Waals surface area contributed by atoms with Gasteiger partial charge in [-0.2, -0.15) is 0 Å². The predicted octanol–water partition coefficient (Wildman–Crippen LogP) is 4.10. The van der Waals surface area contributed by atoms with Crippen LogP contribution < -0.4 is 0 Å². The standard InChI is InChI=1S/C22H28N4O2/c1-15-14-17(15)19-10-8-16(28-19)9-11-21(27)25-13-5-6-18(25)22-24-23-20-7-3-2-4-12-26(20)22/h8-11,15,17-18H,2-7,12-14H2,1H3/b11-9+/t15-,17+,18-/m1/s1. The molecule has 1 saturated heterocycles. The van der Waals surface area contributed by atoms with E-state index in [2.05, 4.69) is 21.7 Å². The lowest BCUT2D eigenvalue weighted by Crippen LogP contribution is -2.30. The van der Waals surface area contributed by atoms with Crippen molar-refractivity contribution >= 4 is 12.0 Å². The third-order valence-corrected chi connectivity index (χ3v) is 6.48. The Hall–Kier alpha value is -2.37. The van der Waals surface area contributed by atoms with Crippen LogP contribution in [0.1, 0.15) is 80.6 Å². The molecule has 0 radical (unpaired) electrons. The van der Waals surface area contributed by atoms with Crippen molar-refractivity contribution in [1.82, 2.24) is 19.7 Å². The minimum absolute atomic E-state index is 0.0335. The molecule has 0 spiro atoms. The van der Waals surface area contributed by atoms with Crippen LogP contribution >= 0.6 is 0 Å². The molecular weight excluding hydrogens is 352 g/mol. The van der Waals surface area contributed by atoms with Gasteiger partial charge in [-0.1, -0.05) is 13.3 Å². The molecule has 148 valence electrons. The Morgan fingerprint density at radius 3 is 2.93 bits per heavy atom. The van der Waals surface area contributed by atoms with Crippen LogP contribution in [0.2, 0.25) is 0 Å². The molecule has 2 aromatic heterocycles. The molecule has 0 aromatic carbocycles. The zero-order valence-corrected chi connectivity index (χ0v) is 16.5. The molecule has 0 unspecified atom stereocenters. The summed E-state index contributed by atoms with van der Waals surface area (Å²) in [6.45, 7) is 3.99. The van der Waals surface area contributed by atoms with Crippen LogP contribution in [0, 0.1) is 5.92 Å². The number of carbonyl (C=O) groups is 1. The van der Waals surface area contributed by atoms with Crippen LogP contribution in [0.4, 0.5) is 0 Å². The molecule has 2 aromatic rings. The number of nitrogens with zero attached hydrogens (tertiary/aromatic N) is 4. The molecule has 1 saturated carbocycles. The van der Waals surface area contributed by atoms with E-state index in [1.54, 1.807) is 12.2 Å². The van der Waals surface area contributed by atoms with E-state index in [0.29, 0.717) is 11.8 Å². The summed E-state index contributed by atoms with van der Waals surface area (Å²) < 4.78 is 8.16. The summed E-state index contributed by atoms with van der Waals surface area (Å²) in [6.07, 6.45) is 11.2. The van der Waals surface area contributed by atoms with Gasteiger partial charge in [-0.15, -0.1) is 10.2 Å². The fraction of sp³-hybridized carbons (Fsp3) is 0.591. The van der Waals surface area contributed by atoms with E-state index in [4.69, 9.17) is 4.42 Å². The predicted molar refractivity (Wildman–Crippen MR) is 106 cm³/mol. The second-order valence-electron chi connectivity index (χ2n) is 8.52. The van der Waals surface area contributed by atoms with Crippen molar-refractivity contribution in [2.24, 2.45) is 5.92 Å². The van der Waals surface area contributed by atoms with Gasteiger partial charge in [0.25, 0.3) is 0 Å². The van der Waals surface area contributed by atoms with Gasteiger partial charge in [0, 0.05) is 31.5 Å². The van der Waals surface area contributed by atoms with Gasteiger partial charge in [0.05, 0.1) is 6.04 Å². The van der Waals surface area contributed by atoms with Gasteiger partial charge in [-0.3, -0.25) is 4.79 Å². The minimum Gasteiger partial charge on any atom is -0.461 e. The van der Waals surface area contributed by atoms with E-state index in [1.165, 1.54) is 25.7 Å². The van der Waals surface area contributed by atoms with Crippen LogP contribution in [0.25, 0.3) is 6.08 Å². The van der Waals surface area contributed by atoms with Crippen molar-refractivity contribution in [3.05, 3.63) is 41.4 Å². The zero-order chi connectivity index (χ0) is 19.1. The quantitative estimate of drug-likeness (QED) is 0.749. The summed E-state index contributed by atoms with van der Waals surface area (Å²) in [6, 6.07) is 4.04. The molecular formula is C22H28N4O2. The Morgan fingerprint density at radius 2 is 2.07 bits per heavy atom. The van der Waals surface area contributed by atoms with Crippen molar-refractivity contribution in [3.63, 3.8) is 0 Å². The fourth-order valence-corrected chi connectivity index (χ4v) is 4.68. The molecule has 2 fully saturated rings. The number of amides is 1. The summed E-state index contributed by atoms with van der Waals surface area (Å²) in [7, 11) is 0. The summed E-state index contributed by atoms with van der Waals surface area (Å²) in [4.78, 5) is 14.9. The second-order valence-corrected chi connectivity index (χ2v) is 8.52. The van der Waals surface area contributed by atoms with E-state index in [0.717, 1.165) is 55.5 Å².